The fraction of sp³-hybridized carbons (Fsp3) is 0.714. The average molecular weight is 112 g/mol. The van der Waals surface area contributed by atoms with Gasteiger partial charge in [0.05, 0.1) is 12.4 Å². The summed E-state index contributed by atoms with van der Waals surface area (Å²) in [5.74, 6) is 0.940. The molecule has 0 saturated carbocycles. The van der Waals surface area contributed by atoms with Crippen LogP contribution in [0.1, 0.15) is 20.3 Å². The van der Waals surface area contributed by atoms with Crippen molar-refractivity contribution in [1.82, 2.24) is 0 Å². The first-order valence-electron chi connectivity index (χ1n) is 2.91. The Kier molecular flexibility index (Phi) is 1.07. The van der Waals surface area contributed by atoms with Crippen LogP contribution in [-0.2, 0) is 4.74 Å². The lowest BCUT2D eigenvalue weighted by Crippen LogP contribution is -2.08. The van der Waals surface area contributed by atoms with E-state index in [0.29, 0.717) is 5.41 Å². The maximum Gasteiger partial charge on any atom is 0.0932 e. The molecule has 1 aliphatic heterocycles. The van der Waals surface area contributed by atoms with Crippen LogP contribution < -0.4 is 0 Å². The molecular weight excluding hydrogens is 100 g/mol. The van der Waals surface area contributed by atoms with Gasteiger partial charge in [-0.1, -0.05) is 20.4 Å². The molecule has 0 amide bonds. The van der Waals surface area contributed by atoms with Crippen LogP contribution in [0.2, 0.25) is 0 Å². The van der Waals surface area contributed by atoms with E-state index in [2.05, 4.69) is 20.4 Å². The fourth-order valence-corrected chi connectivity index (χ4v) is 0.933. The molecule has 1 heteroatoms. The van der Waals surface area contributed by atoms with E-state index >= 15 is 0 Å². The first-order valence-corrected chi connectivity index (χ1v) is 2.91. The topological polar surface area (TPSA) is 9.23 Å². The Hall–Kier alpha value is -0.460. The summed E-state index contributed by atoms with van der Waals surface area (Å²) in [6.45, 7) is 8.94. The molecule has 0 N–H and O–H groups in total. The molecule has 0 atom stereocenters. The molecule has 0 radical (unpaired) electrons. The zero-order chi connectivity index (χ0) is 6.20. The van der Waals surface area contributed by atoms with E-state index in [1.54, 1.807) is 0 Å². The molecule has 1 rings (SSSR count). The van der Waals surface area contributed by atoms with Crippen molar-refractivity contribution in [3.05, 3.63) is 12.3 Å². The second kappa shape index (κ2) is 1.51. The number of ether oxygens (including phenoxy) is 1. The maximum absolute atomic E-state index is 5.17. The Bertz CT molecular complexity index is 114. The summed E-state index contributed by atoms with van der Waals surface area (Å²) in [4.78, 5) is 0. The second-order valence-electron chi connectivity index (χ2n) is 3.17. The van der Waals surface area contributed by atoms with E-state index in [1.165, 1.54) is 0 Å². The van der Waals surface area contributed by atoms with Crippen LogP contribution in [0.15, 0.2) is 12.3 Å². The van der Waals surface area contributed by atoms with Gasteiger partial charge in [-0.15, -0.1) is 0 Å². The molecule has 0 aromatic heterocycles. The smallest absolute Gasteiger partial charge is 0.0932 e. The van der Waals surface area contributed by atoms with E-state index < -0.39 is 0 Å². The Morgan fingerprint density at radius 3 is 2.38 bits per heavy atom. The number of hydrogen-bond donors (Lipinski definition) is 0. The van der Waals surface area contributed by atoms with Crippen LogP contribution in [0.4, 0.5) is 0 Å². The van der Waals surface area contributed by atoms with Gasteiger partial charge in [0, 0.05) is 11.8 Å². The van der Waals surface area contributed by atoms with E-state index in [0.717, 1.165) is 18.8 Å². The minimum absolute atomic E-state index is 0.344. The van der Waals surface area contributed by atoms with Crippen molar-refractivity contribution < 1.29 is 4.74 Å². The molecule has 1 heterocycles. The average Bonchev–Trinajstić information content (AvgIpc) is 1.82. The normalized spacial score (nSPS) is 25.5. The van der Waals surface area contributed by atoms with Gasteiger partial charge in [0.25, 0.3) is 0 Å². The number of allylic oxidation sites excluding steroid dienone is 1. The largest absolute Gasteiger partial charge is 0.498 e. The summed E-state index contributed by atoms with van der Waals surface area (Å²) in [7, 11) is 0. The van der Waals surface area contributed by atoms with Crippen LogP contribution in [0, 0.1) is 5.41 Å². The molecule has 1 fully saturated rings. The number of hydrogen-bond acceptors (Lipinski definition) is 1. The monoisotopic (exact) mass is 112 g/mol. The summed E-state index contributed by atoms with van der Waals surface area (Å²) in [5, 5.41) is 0. The third-order valence-corrected chi connectivity index (χ3v) is 1.34. The highest BCUT2D eigenvalue weighted by Crippen LogP contribution is 2.32. The fourth-order valence-electron chi connectivity index (χ4n) is 0.933. The van der Waals surface area contributed by atoms with Gasteiger partial charge in [0.1, 0.15) is 0 Å². The standard InChI is InChI=1S/C7H12O/c1-6-4-7(2,3)5-8-6/h1,4-5H2,2-3H3. The summed E-state index contributed by atoms with van der Waals surface area (Å²) in [5.41, 5.74) is 0.344. The lowest BCUT2D eigenvalue weighted by atomic mass is 9.93. The van der Waals surface area contributed by atoms with Crippen LogP contribution in [0.25, 0.3) is 0 Å². The lowest BCUT2D eigenvalue weighted by Gasteiger charge is -2.10. The maximum atomic E-state index is 5.17. The van der Waals surface area contributed by atoms with Crippen molar-refractivity contribution in [2.45, 2.75) is 20.3 Å². The minimum Gasteiger partial charge on any atom is -0.498 e. The van der Waals surface area contributed by atoms with E-state index in [4.69, 9.17) is 4.74 Å². The Balaban J connectivity index is 2.56. The van der Waals surface area contributed by atoms with Gasteiger partial charge in [-0.05, 0) is 0 Å². The molecule has 0 unspecified atom stereocenters. The molecule has 1 saturated heterocycles. The zero-order valence-corrected chi connectivity index (χ0v) is 5.53. The van der Waals surface area contributed by atoms with Gasteiger partial charge in [0.2, 0.25) is 0 Å². The molecule has 0 aromatic rings. The third kappa shape index (κ3) is 1.03. The molecule has 0 aromatic carbocycles. The van der Waals surface area contributed by atoms with Gasteiger partial charge in [-0.25, -0.2) is 0 Å². The van der Waals surface area contributed by atoms with Gasteiger partial charge >= 0.3 is 0 Å². The molecule has 1 aliphatic rings. The highest BCUT2D eigenvalue weighted by molar-refractivity contribution is 4.95. The van der Waals surface area contributed by atoms with Crippen LogP contribution in [0.5, 0.6) is 0 Å². The van der Waals surface area contributed by atoms with Gasteiger partial charge in [-0.3, -0.25) is 0 Å². The Morgan fingerprint density at radius 1 is 1.62 bits per heavy atom. The van der Waals surface area contributed by atoms with Crippen molar-refractivity contribution in [2.24, 2.45) is 5.41 Å². The van der Waals surface area contributed by atoms with Crippen molar-refractivity contribution in [2.75, 3.05) is 6.61 Å². The predicted molar refractivity (Wildman–Crippen MR) is 33.5 cm³/mol. The van der Waals surface area contributed by atoms with Crippen LogP contribution in [-0.4, -0.2) is 6.61 Å². The SMILES string of the molecule is C=C1CC(C)(C)CO1. The van der Waals surface area contributed by atoms with Gasteiger partial charge < -0.3 is 4.74 Å². The minimum atomic E-state index is 0.344. The van der Waals surface area contributed by atoms with Crippen molar-refractivity contribution in [3.8, 4) is 0 Å². The van der Waals surface area contributed by atoms with Crippen molar-refractivity contribution in [1.29, 1.82) is 0 Å². The van der Waals surface area contributed by atoms with E-state index in [1.807, 2.05) is 0 Å². The van der Waals surface area contributed by atoms with Crippen molar-refractivity contribution in [3.63, 3.8) is 0 Å². The first kappa shape index (κ1) is 5.67. The Morgan fingerprint density at radius 2 is 2.25 bits per heavy atom. The molecule has 0 aliphatic carbocycles. The van der Waals surface area contributed by atoms with Crippen molar-refractivity contribution >= 4 is 0 Å². The lowest BCUT2D eigenvalue weighted by molar-refractivity contribution is 0.207. The number of rotatable bonds is 0. The predicted octanol–water partition coefficient (Wildman–Crippen LogP) is 1.95. The summed E-state index contributed by atoms with van der Waals surface area (Å²) >= 11 is 0. The molecule has 1 nitrogen and oxygen atoms in total. The molecular formula is C7H12O. The second-order valence-corrected chi connectivity index (χ2v) is 3.17. The first-order chi connectivity index (χ1) is 3.60. The summed E-state index contributed by atoms with van der Waals surface area (Å²) in [6, 6.07) is 0. The summed E-state index contributed by atoms with van der Waals surface area (Å²) in [6.07, 6.45) is 1.02. The molecule has 8 heavy (non-hydrogen) atoms. The van der Waals surface area contributed by atoms with E-state index in [-0.39, 0.29) is 0 Å². The molecule has 46 valence electrons. The summed E-state index contributed by atoms with van der Waals surface area (Å²) < 4.78 is 5.17. The van der Waals surface area contributed by atoms with Crippen LogP contribution >= 0.6 is 0 Å². The highest BCUT2D eigenvalue weighted by atomic mass is 16.5. The molecule has 0 spiro atoms. The zero-order valence-electron chi connectivity index (χ0n) is 5.53. The quantitative estimate of drug-likeness (QED) is 0.465. The third-order valence-electron chi connectivity index (χ3n) is 1.34. The highest BCUT2D eigenvalue weighted by Gasteiger charge is 2.26. The van der Waals surface area contributed by atoms with Gasteiger partial charge in [-0.2, -0.15) is 0 Å². The van der Waals surface area contributed by atoms with Gasteiger partial charge in [0.15, 0.2) is 0 Å². The molecule has 0 bridgehead atoms. The van der Waals surface area contributed by atoms with E-state index in [9.17, 15) is 0 Å². The van der Waals surface area contributed by atoms with Crippen LogP contribution in [0.3, 0.4) is 0 Å². The Labute approximate surface area is 50.3 Å².